The number of amides is 1. The number of carbonyl (C=O) groups excluding carboxylic acids is 1. The van der Waals surface area contributed by atoms with E-state index < -0.39 is 5.79 Å². The first kappa shape index (κ1) is 15.9. The predicted molar refractivity (Wildman–Crippen MR) is 77.3 cm³/mol. The largest absolute Gasteiger partial charge is 0.356 e. The fourth-order valence-corrected chi connectivity index (χ4v) is 2.36. The summed E-state index contributed by atoms with van der Waals surface area (Å²) in [5.74, 6) is -0.797. The maximum Gasteiger partial charge on any atom is 0.220 e. The van der Waals surface area contributed by atoms with E-state index in [-0.39, 0.29) is 11.7 Å². The second-order valence-electron chi connectivity index (χ2n) is 5.38. The molecule has 4 nitrogen and oxygen atoms in total. The minimum atomic E-state index is -0.569. The summed E-state index contributed by atoms with van der Waals surface area (Å²) in [6.45, 7) is 3.61. The van der Waals surface area contributed by atoms with Crippen LogP contribution in [0.4, 0.5) is 4.39 Å². The van der Waals surface area contributed by atoms with Crippen molar-refractivity contribution in [3.05, 3.63) is 35.6 Å². The van der Waals surface area contributed by atoms with Gasteiger partial charge in [0.2, 0.25) is 5.91 Å². The lowest BCUT2D eigenvalue weighted by molar-refractivity contribution is -0.146. The first-order chi connectivity index (χ1) is 10.1. The lowest BCUT2D eigenvalue weighted by Crippen LogP contribution is -2.33. The summed E-state index contributed by atoms with van der Waals surface area (Å²) in [6.07, 6.45) is 2.24. The molecule has 0 radical (unpaired) electrons. The number of benzene rings is 1. The van der Waals surface area contributed by atoms with E-state index in [0.717, 1.165) is 0 Å². The van der Waals surface area contributed by atoms with E-state index >= 15 is 0 Å². The molecule has 5 heteroatoms. The third-order valence-corrected chi connectivity index (χ3v) is 3.61. The molecule has 1 aromatic carbocycles. The summed E-state index contributed by atoms with van der Waals surface area (Å²) in [5.41, 5.74) is 0.658. The molecule has 0 aromatic heterocycles. The molecule has 0 spiro atoms. The van der Waals surface area contributed by atoms with Gasteiger partial charge in [-0.1, -0.05) is 18.2 Å². The Kier molecular flexibility index (Phi) is 5.70. The third kappa shape index (κ3) is 5.10. The Morgan fingerprint density at radius 2 is 2.05 bits per heavy atom. The molecule has 1 N–H and O–H groups in total. The number of hydrogen-bond acceptors (Lipinski definition) is 3. The molecule has 2 rings (SSSR count). The van der Waals surface area contributed by atoms with Crippen LogP contribution in [0.5, 0.6) is 0 Å². The molecule has 1 aromatic rings. The van der Waals surface area contributed by atoms with Gasteiger partial charge in [-0.25, -0.2) is 4.39 Å². The van der Waals surface area contributed by atoms with Gasteiger partial charge in [0, 0.05) is 19.4 Å². The lowest BCUT2D eigenvalue weighted by atomic mass is 10.1. The minimum absolute atomic E-state index is 0.0204. The maximum atomic E-state index is 13.4. The molecule has 1 saturated heterocycles. The molecule has 1 heterocycles. The summed E-state index contributed by atoms with van der Waals surface area (Å²) < 4.78 is 24.3. The summed E-state index contributed by atoms with van der Waals surface area (Å²) in [5, 5.41) is 2.84. The Morgan fingerprint density at radius 1 is 1.33 bits per heavy atom. The van der Waals surface area contributed by atoms with E-state index in [1.807, 2.05) is 6.92 Å². The van der Waals surface area contributed by atoms with Crippen molar-refractivity contribution < 1.29 is 18.7 Å². The third-order valence-electron chi connectivity index (χ3n) is 3.61. The van der Waals surface area contributed by atoms with Gasteiger partial charge in [0.1, 0.15) is 5.82 Å². The zero-order valence-electron chi connectivity index (χ0n) is 12.4. The van der Waals surface area contributed by atoms with Gasteiger partial charge in [0.25, 0.3) is 0 Å². The van der Waals surface area contributed by atoms with Gasteiger partial charge in [-0.15, -0.1) is 0 Å². The molecule has 0 unspecified atom stereocenters. The van der Waals surface area contributed by atoms with Crippen LogP contribution < -0.4 is 5.32 Å². The minimum Gasteiger partial charge on any atom is -0.356 e. The standard InChI is InChI=1S/C16H22FNO3/c1-16(20-11-12-21-16)9-10-18-15(19)8-4-6-13-5-2-3-7-14(13)17/h2-3,5,7H,4,6,8-12H2,1H3,(H,18,19). The van der Waals surface area contributed by atoms with Crippen molar-refractivity contribution in [2.24, 2.45) is 0 Å². The summed E-state index contributed by atoms with van der Waals surface area (Å²) >= 11 is 0. The molecular weight excluding hydrogens is 273 g/mol. The van der Waals surface area contributed by atoms with Crippen molar-refractivity contribution in [1.29, 1.82) is 0 Å². The number of hydrogen-bond donors (Lipinski definition) is 1. The average molecular weight is 295 g/mol. The Morgan fingerprint density at radius 3 is 2.76 bits per heavy atom. The van der Waals surface area contributed by atoms with E-state index in [4.69, 9.17) is 9.47 Å². The topological polar surface area (TPSA) is 47.6 Å². The highest BCUT2D eigenvalue weighted by Crippen LogP contribution is 2.21. The van der Waals surface area contributed by atoms with E-state index in [0.29, 0.717) is 51.0 Å². The normalized spacial score (nSPS) is 16.9. The molecule has 116 valence electrons. The fourth-order valence-electron chi connectivity index (χ4n) is 2.36. The smallest absolute Gasteiger partial charge is 0.220 e. The second-order valence-corrected chi connectivity index (χ2v) is 5.38. The highest BCUT2D eigenvalue weighted by Gasteiger charge is 2.30. The van der Waals surface area contributed by atoms with E-state index in [1.54, 1.807) is 18.2 Å². The van der Waals surface area contributed by atoms with Crippen LogP contribution in [-0.2, 0) is 20.7 Å². The van der Waals surface area contributed by atoms with Crippen LogP contribution in [0.3, 0.4) is 0 Å². The van der Waals surface area contributed by atoms with Crippen LogP contribution in [0.1, 0.15) is 31.7 Å². The number of carbonyl (C=O) groups is 1. The molecule has 0 atom stereocenters. The van der Waals surface area contributed by atoms with E-state index in [2.05, 4.69) is 5.32 Å². The number of nitrogens with one attached hydrogen (secondary N) is 1. The number of ether oxygens (including phenoxy) is 2. The van der Waals surface area contributed by atoms with Crippen molar-refractivity contribution in [1.82, 2.24) is 5.32 Å². The molecular formula is C16H22FNO3. The van der Waals surface area contributed by atoms with Crippen molar-refractivity contribution in [3.63, 3.8) is 0 Å². The summed E-state index contributed by atoms with van der Waals surface area (Å²) in [6, 6.07) is 6.67. The monoisotopic (exact) mass is 295 g/mol. The van der Waals surface area contributed by atoms with Crippen molar-refractivity contribution in [3.8, 4) is 0 Å². The van der Waals surface area contributed by atoms with E-state index in [1.165, 1.54) is 6.07 Å². The molecule has 0 bridgehead atoms. The van der Waals surface area contributed by atoms with Gasteiger partial charge in [-0.2, -0.15) is 0 Å². The molecule has 1 aliphatic rings. The van der Waals surface area contributed by atoms with Gasteiger partial charge < -0.3 is 14.8 Å². The first-order valence-electron chi connectivity index (χ1n) is 7.37. The van der Waals surface area contributed by atoms with Crippen LogP contribution in [0.2, 0.25) is 0 Å². The first-order valence-corrected chi connectivity index (χ1v) is 7.37. The van der Waals surface area contributed by atoms with Gasteiger partial charge in [0.05, 0.1) is 13.2 Å². The predicted octanol–water partition coefficient (Wildman–Crippen LogP) is 2.42. The number of rotatable bonds is 7. The quantitative estimate of drug-likeness (QED) is 0.840. The second kappa shape index (κ2) is 7.52. The van der Waals surface area contributed by atoms with Crippen LogP contribution in [0.15, 0.2) is 24.3 Å². The highest BCUT2D eigenvalue weighted by atomic mass is 19.1. The molecule has 1 aliphatic heterocycles. The molecule has 0 aliphatic carbocycles. The molecule has 21 heavy (non-hydrogen) atoms. The van der Waals surface area contributed by atoms with Crippen LogP contribution in [0.25, 0.3) is 0 Å². The van der Waals surface area contributed by atoms with Crippen molar-refractivity contribution in [2.75, 3.05) is 19.8 Å². The van der Waals surface area contributed by atoms with Crippen molar-refractivity contribution >= 4 is 5.91 Å². The fraction of sp³-hybridized carbons (Fsp3) is 0.562. The zero-order chi connectivity index (χ0) is 15.1. The Labute approximate surface area is 124 Å². The summed E-state index contributed by atoms with van der Waals surface area (Å²) in [7, 11) is 0. The zero-order valence-corrected chi connectivity index (χ0v) is 12.4. The lowest BCUT2D eigenvalue weighted by Gasteiger charge is -2.22. The summed E-state index contributed by atoms with van der Waals surface area (Å²) in [4.78, 5) is 11.7. The maximum absolute atomic E-state index is 13.4. The Balaban J connectivity index is 1.60. The van der Waals surface area contributed by atoms with Gasteiger partial charge in [-0.3, -0.25) is 4.79 Å². The van der Waals surface area contributed by atoms with Gasteiger partial charge in [-0.05, 0) is 31.4 Å². The molecule has 1 fully saturated rings. The number of aryl methyl sites for hydroxylation is 1. The van der Waals surface area contributed by atoms with Crippen LogP contribution in [-0.4, -0.2) is 31.5 Å². The van der Waals surface area contributed by atoms with Crippen LogP contribution in [0, 0.1) is 5.82 Å². The Bertz CT molecular complexity index is 472. The highest BCUT2D eigenvalue weighted by molar-refractivity contribution is 5.75. The SMILES string of the molecule is CC1(CCNC(=O)CCCc2ccccc2F)OCCO1. The molecule has 0 saturated carbocycles. The number of halogens is 1. The average Bonchev–Trinajstić information content (AvgIpc) is 2.88. The van der Waals surface area contributed by atoms with E-state index in [9.17, 15) is 9.18 Å². The van der Waals surface area contributed by atoms with Crippen LogP contribution >= 0.6 is 0 Å². The van der Waals surface area contributed by atoms with Crippen molar-refractivity contribution in [2.45, 2.75) is 38.4 Å². The molecule has 1 amide bonds. The Hall–Kier alpha value is -1.46. The van der Waals surface area contributed by atoms with Gasteiger partial charge >= 0.3 is 0 Å². The van der Waals surface area contributed by atoms with Gasteiger partial charge in [0.15, 0.2) is 5.79 Å².